The SMILES string of the molecule is CC([PH2]=S)([PH2]=S)C(=O)O. The van der Waals surface area contributed by atoms with Gasteiger partial charge in [0.15, 0.2) is 0 Å². The highest BCUT2D eigenvalue weighted by Crippen LogP contribution is 2.34. The minimum Gasteiger partial charge on any atom is -0.480 e. The van der Waals surface area contributed by atoms with Crippen LogP contribution < -0.4 is 0 Å². The Balaban J connectivity index is 4.46. The number of hydrogen-bond acceptors (Lipinski definition) is 3. The van der Waals surface area contributed by atoms with Gasteiger partial charge in [-0.1, -0.05) is 0 Å². The summed E-state index contributed by atoms with van der Waals surface area (Å²) in [5.74, 6) is -0.822. The Bertz CT molecular complexity index is 150. The van der Waals surface area contributed by atoms with Gasteiger partial charge in [-0.3, -0.25) is 4.79 Å². The van der Waals surface area contributed by atoms with Crippen LogP contribution in [0.2, 0.25) is 0 Å². The minimum absolute atomic E-state index is 0.450. The molecule has 0 aliphatic heterocycles. The highest BCUT2D eigenvalue weighted by Gasteiger charge is 2.25. The average molecular weight is 202 g/mol. The van der Waals surface area contributed by atoms with Crippen molar-refractivity contribution in [2.45, 2.75) is 11.8 Å². The number of carbonyl (C=O) groups is 1. The second-order valence-corrected chi connectivity index (χ2v) is 6.77. The van der Waals surface area contributed by atoms with Crippen LogP contribution in [-0.2, 0) is 28.4 Å². The third-order valence-corrected chi connectivity index (χ3v) is 7.81. The summed E-state index contributed by atoms with van der Waals surface area (Å²) in [6, 6.07) is 0. The van der Waals surface area contributed by atoms with E-state index in [1.165, 1.54) is 0 Å². The van der Waals surface area contributed by atoms with Crippen molar-refractivity contribution in [3.8, 4) is 0 Å². The van der Waals surface area contributed by atoms with Gasteiger partial charge in [-0.25, -0.2) is 0 Å². The first-order valence-corrected chi connectivity index (χ1v) is 7.15. The lowest BCUT2D eigenvalue weighted by Crippen LogP contribution is -2.20. The van der Waals surface area contributed by atoms with Crippen molar-refractivity contribution in [2.75, 3.05) is 0 Å². The molecule has 0 amide bonds. The molecule has 54 valence electrons. The van der Waals surface area contributed by atoms with Gasteiger partial charge in [0.25, 0.3) is 0 Å². The molecule has 1 N–H and O–H groups in total. The molecule has 0 bridgehead atoms. The third kappa shape index (κ3) is 2.46. The van der Waals surface area contributed by atoms with Crippen LogP contribution in [0.15, 0.2) is 0 Å². The fraction of sp³-hybridized carbons (Fsp3) is 0.667. The summed E-state index contributed by atoms with van der Waals surface area (Å²) in [5.41, 5.74) is 0. The molecule has 0 aliphatic carbocycles. The molecular formula is C3H8O2P2S2. The molecular weight excluding hydrogens is 194 g/mol. The van der Waals surface area contributed by atoms with Crippen molar-refractivity contribution in [1.82, 2.24) is 0 Å². The van der Waals surface area contributed by atoms with E-state index < -0.39 is 25.6 Å². The summed E-state index contributed by atoms with van der Waals surface area (Å²) in [6.07, 6.45) is 0. The maximum Gasteiger partial charge on any atom is 0.318 e. The lowest BCUT2D eigenvalue weighted by atomic mass is 10.5. The van der Waals surface area contributed by atoms with Crippen LogP contribution in [0.25, 0.3) is 0 Å². The van der Waals surface area contributed by atoms with E-state index in [-0.39, 0.29) is 0 Å². The van der Waals surface area contributed by atoms with E-state index in [0.29, 0.717) is 0 Å². The highest BCUT2D eigenvalue weighted by atomic mass is 32.4. The van der Waals surface area contributed by atoms with Gasteiger partial charge in [0.2, 0.25) is 0 Å². The Morgan fingerprint density at radius 2 is 1.89 bits per heavy atom. The summed E-state index contributed by atoms with van der Waals surface area (Å²) in [5, 5.41) is 8.54. The molecule has 2 nitrogen and oxygen atoms in total. The van der Waals surface area contributed by atoms with Crippen LogP contribution in [0.5, 0.6) is 0 Å². The molecule has 0 aliphatic rings. The van der Waals surface area contributed by atoms with Crippen molar-refractivity contribution >= 4 is 44.3 Å². The molecule has 2 unspecified atom stereocenters. The Morgan fingerprint density at radius 1 is 1.56 bits per heavy atom. The van der Waals surface area contributed by atoms with Crippen molar-refractivity contribution in [3.05, 3.63) is 0 Å². The van der Waals surface area contributed by atoms with Crippen LogP contribution >= 0.6 is 14.7 Å². The van der Waals surface area contributed by atoms with Gasteiger partial charge in [0.05, 0.1) is 0 Å². The monoisotopic (exact) mass is 202 g/mol. The lowest BCUT2D eigenvalue weighted by molar-refractivity contribution is -0.137. The first-order chi connectivity index (χ1) is 4.06. The largest absolute Gasteiger partial charge is 0.480 e. The predicted molar refractivity (Wildman–Crippen MR) is 50.2 cm³/mol. The Hall–Kier alpha value is 0.770. The summed E-state index contributed by atoms with van der Waals surface area (Å²) >= 11 is 9.44. The number of carboxylic acid groups (broad SMARTS) is 1. The predicted octanol–water partition coefficient (Wildman–Crippen LogP) is 0.533. The fourth-order valence-electron chi connectivity index (χ4n) is 0.129. The van der Waals surface area contributed by atoms with Crippen LogP contribution in [-0.4, -0.2) is 16.0 Å². The number of hydrogen-bond donors (Lipinski definition) is 1. The van der Waals surface area contributed by atoms with Gasteiger partial charge in [0.1, 0.15) is 4.90 Å². The van der Waals surface area contributed by atoms with E-state index in [2.05, 4.69) is 0 Å². The van der Waals surface area contributed by atoms with E-state index in [4.69, 9.17) is 28.7 Å². The zero-order valence-corrected chi connectivity index (χ0v) is 8.77. The lowest BCUT2D eigenvalue weighted by Gasteiger charge is -2.11. The van der Waals surface area contributed by atoms with E-state index >= 15 is 0 Å². The van der Waals surface area contributed by atoms with Crippen LogP contribution in [0.4, 0.5) is 0 Å². The molecule has 0 heterocycles. The molecule has 0 fully saturated rings. The topological polar surface area (TPSA) is 37.3 Å². The van der Waals surface area contributed by atoms with Gasteiger partial charge in [-0.2, -0.15) is 0 Å². The maximum atomic E-state index is 10.4. The smallest absolute Gasteiger partial charge is 0.318 e. The molecule has 6 heteroatoms. The minimum atomic E-state index is -0.822. The van der Waals surface area contributed by atoms with Crippen LogP contribution in [0.3, 0.4) is 0 Å². The molecule has 0 saturated heterocycles. The normalized spacial score (nSPS) is 19.2. The van der Waals surface area contributed by atoms with Crippen molar-refractivity contribution in [2.24, 2.45) is 0 Å². The van der Waals surface area contributed by atoms with Gasteiger partial charge >= 0.3 is 5.97 Å². The second kappa shape index (κ2) is 3.82. The quantitative estimate of drug-likeness (QED) is 0.677. The van der Waals surface area contributed by atoms with E-state index in [9.17, 15) is 4.79 Å². The van der Waals surface area contributed by atoms with E-state index in [0.717, 1.165) is 0 Å². The summed E-state index contributed by atoms with van der Waals surface area (Å²) in [7, 11) is -0.900. The maximum absolute atomic E-state index is 10.4. The Morgan fingerprint density at radius 3 is 1.89 bits per heavy atom. The number of aliphatic carboxylic acids is 1. The van der Waals surface area contributed by atoms with Gasteiger partial charge in [-0.05, 0) is 21.6 Å². The molecule has 0 aromatic heterocycles. The molecule has 0 aromatic carbocycles. The van der Waals surface area contributed by atoms with E-state index in [1.807, 2.05) is 0 Å². The first-order valence-electron chi connectivity index (χ1n) is 2.23. The molecule has 0 aromatic rings. The summed E-state index contributed by atoms with van der Waals surface area (Å²) in [6.45, 7) is 1.64. The van der Waals surface area contributed by atoms with Gasteiger partial charge in [-0.15, -0.1) is 23.6 Å². The van der Waals surface area contributed by atoms with E-state index in [1.54, 1.807) is 6.92 Å². The second-order valence-electron chi connectivity index (χ2n) is 1.82. The standard InChI is InChI=1S/C3H8O2P2S2/c1-3(6-8,7-9)2(4)5/h6-7H2,1H3,(H,4,5). The molecule has 0 spiro atoms. The number of carboxylic acids is 1. The fourth-order valence-corrected chi connectivity index (χ4v) is 3.16. The highest BCUT2D eigenvalue weighted by molar-refractivity contribution is 8.06. The van der Waals surface area contributed by atoms with Crippen LogP contribution in [0, 0.1) is 0 Å². The van der Waals surface area contributed by atoms with Crippen molar-refractivity contribution in [3.63, 3.8) is 0 Å². The Labute approximate surface area is 66.3 Å². The molecule has 0 saturated carbocycles. The molecule has 0 radical (unpaired) electrons. The van der Waals surface area contributed by atoms with Gasteiger partial charge < -0.3 is 5.11 Å². The third-order valence-electron chi connectivity index (χ3n) is 0.950. The molecule has 9 heavy (non-hydrogen) atoms. The molecule has 0 rings (SSSR count). The van der Waals surface area contributed by atoms with Crippen molar-refractivity contribution in [1.29, 1.82) is 0 Å². The number of rotatable bonds is 3. The average Bonchev–Trinajstić information content (AvgIpc) is 1.86. The van der Waals surface area contributed by atoms with Gasteiger partial charge in [0, 0.05) is 0 Å². The summed E-state index contributed by atoms with van der Waals surface area (Å²) in [4.78, 5) is 9.69. The molecule has 2 atom stereocenters. The summed E-state index contributed by atoms with van der Waals surface area (Å²) < 4.78 is 0. The zero-order chi connectivity index (χ0) is 7.49. The first kappa shape index (κ1) is 9.77. The van der Waals surface area contributed by atoms with Crippen LogP contribution in [0.1, 0.15) is 6.92 Å². The van der Waals surface area contributed by atoms with Crippen molar-refractivity contribution < 1.29 is 9.90 Å². The Kier molecular flexibility index (Phi) is 4.15. The zero-order valence-electron chi connectivity index (χ0n) is 4.83.